The molecule has 0 fully saturated rings. The van der Waals surface area contributed by atoms with Crippen molar-refractivity contribution in [2.24, 2.45) is 22.4 Å². The summed E-state index contributed by atoms with van der Waals surface area (Å²) in [5.41, 5.74) is 16.2. The highest BCUT2D eigenvalue weighted by atomic mass is 16.5. The third kappa shape index (κ3) is 14.3. The molecule has 0 amide bonds. The number of nitrogens with two attached hydrogens (primary N) is 2. The molecule has 3 heterocycles. The van der Waals surface area contributed by atoms with Gasteiger partial charge >= 0.3 is 0 Å². The molecule has 1 atom stereocenters. The molecule has 0 aliphatic carbocycles. The topological polar surface area (TPSA) is 119 Å². The van der Waals surface area contributed by atoms with Gasteiger partial charge in [0.15, 0.2) is 17.4 Å². The normalized spacial score (nSPS) is 16.3. The smallest absolute Gasteiger partial charge is 0.172 e. The van der Waals surface area contributed by atoms with E-state index in [1.54, 1.807) is 0 Å². The van der Waals surface area contributed by atoms with E-state index in [-0.39, 0.29) is 5.78 Å². The molecule has 2 aromatic rings. The monoisotopic (exact) mass is 698 g/mol. The van der Waals surface area contributed by atoms with E-state index in [4.69, 9.17) is 30.9 Å². The minimum atomic E-state index is 0.0185. The van der Waals surface area contributed by atoms with Gasteiger partial charge in [-0.1, -0.05) is 65.7 Å². The van der Waals surface area contributed by atoms with E-state index in [0.717, 1.165) is 78.1 Å². The number of aliphatic imine (C=N–C) groups is 1. The van der Waals surface area contributed by atoms with Crippen LogP contribution in [0.3, 0.4) is 0 Å². The van der Waals surface area contributed by atoms with E-state index in [0.29, 0.717) is 24.1 Å². The molecule has 0 bridgehead atoms. The first-order valence-corrected chi connectivity index (χ1v) is 18.4. The number of unbranched alkanes of at least 4 members (excludes halogenated alkanes) is 3. The molecule has 2 aliphatic rings. The average Bonchev–Trinajstić information content (AvgIpc) is 3.25. The van der Waals surface area contributed by atoms with Crippen molar-refractivity contribution in [2.45, 2.75) is 93.9 Å². The summed E-state index contributed by atoms with van der Waals surface area (Å²) >= 11 is 0. The molecule has 0 spiro atoms. The van der Waals surface area contributed by atoms with Gasteiger partial charge in [0.05, 0.1) is 12.3 Å². The maximum absolute atomic E-state index is 9.69. The Bertz CT molecular complexity index is 1570. The van der Waals surface area contributed by atoms with Crippen LogP contribution in [0.25, 0.3) is 0 Å². The van der Waals surface area contributed by atoms with Crippen molar-refractivity contribution in [1.29, 1.82) is 0 Å². The van der Waals surface area contributed by atoms with Crippen molar-refractivity contribution < 1.29 is 14.3 Å². The first-order valence-electron chi connectivity index (χ1n) is 18.4. The Morgan fingerprint density at radius 1 is 1.14 bits per heavy atom. The molecule has 9 nitrogen and oxygen atoms in total. The lowest BCUT2D eigenvalue weighted by Gasteiger charge is -2.25. The van der Waals surface area contributed by atoms with Crippen LogP contribution in [0.1, 0.15) is 96.9 Å². The number of rotatable bonds is 13. The number of pyridine rings is 1. The Kier molecular flexibility index (Phi) is 19.2. The zero-order chi connectivity index (χ0) is 37.8. The quantitative estimate of drug-likeness (QED) is 0.0920. The summed E-state index contributed by atoms with van der Waals surface area (Å²) in [6.45, 7) is 22.8. The van der Waals surface area contributed by atoms with E-state index in [2.05, 4.69) is 62.3 Å². The van der Waals surface area contributed by atoms with Gasteiger partial charge in [0, 0.05) is 43.2 Å². The SMILES string of the molecule is C/C=C\N1C=CC(Oc2ccc(N=C(N)c3nc4c(cc3C)OCC(C)CN4CCCCC)cc2C)=C/C1=C\CC.C=CC(C)=O.CCCCN. The fourth-order valence-electron chi connectivity index (χ4n) is 5.25. The van der Waals surface area contributed by atoms with Crippen molar-refractivity contribution >= 4 is 23.1 Å². The molecule has 9 heteroatoms. The van der Waals surface area contributed by atoms with Gasteiger partial charge < -0.3 is 30.7 Å². The first-order chi connectivity index (χ1) is 24.5. The lowest BCUT2D eigenvalue weighted by atomic mass is 10.1. The predicted octanol–water partition coefficient (Wildman–Crippen LogP) is 9.19. The number of aryl methyl sites for hydroxylation is 2. The summed E-state index contributed by atoms with van der Waals surface area (Å²) in [4.78, 5) is 23.9. The molecule has 1 aromatic carbocycles. The lowest BCUT2D eigenvalue weighted by Crippen LogP contribution is -2.30. The number of nitrogens with zero attached hydrogens (tertiary/aromatic N) is 4. The number of anilines is 1. The molecule has 0 radical (unpaired) electrons. The van der Waals surface area contributed by atoms with Gasteiger partial charge in [0.25, 0.3) is 0 Å². The van der Waals surface area contributed by atoms with Crippen molar-refractivity contribution in [3.63, 3.8) is 0 Å². The second kappa shape index (κ2) is 23.0. The number of carbonyl (C=O) groups excluding carboxylic acids is 1. The Hall–Kier alpha value is -4.63. The van der Waals surface area contributed by atoms with E-state index in [1.165, 1.54) is 38.7 Å². The zero-order valence-electron chi connectivity index (χ0n) is 32.4. The fraction of sp³-hybridized carbons (Fsp3) is 0.452. The van der Waals surface area contributed by atoms with E-state index in [1.807, 2.05) is 63.5 Å². The van der Waals surface area contributed by atoms with Crippen LogP contribution in [-0.4, -0.2) is 47.7 Å². The number of ketones is 1. The van der Waals surface area contributed by atoms with Gasteiger partial charge in [-0.05, 0) is 101 Å². The van der Waals surface area contributed by atoms with E-state index >= 15 is 0 Å². The van der Waals surface area contributed by atoms with Crippen LogP contribution in [0.2, 0.25) is 0 Å². The van der Waals surface area contributed by atoms with E-state index < -0.39 is 0 Å². The van der Waals surface area contributed by atoms with Gasteiger partial charge in [-0.25, -0.2) is 9.98 Å². The Morgan fingerprint density at radius 2 is 1.86 bits per heavy atom. The summed E-state index contributed by atoms with van der Waals surface area (Å²) in [7, 11) is 0. The molecular weight excluding hydrogens is 637 g/mol. The van der Waals surface area contributed by atoms with Crippen LogP contribution in [0, 0.1) is 19.8 Å². The van der Waals surface area contributed by atoms with E-state index in [9.17, 15) is 4.79 Å². The molecule has 0 saturated heterocycles. The van der Waals surface area contributed by atoms with Crippen LogP contribution in [0.4, 0.5) is 11.5 Å². The highest BCUT2D eigenvalue weighted by Gasteiger charge is 2.24. The number of benzene rings is 1. The standard InChI is InChI=1S/C34H45N5O2.C4H11N.C4H6O/c1-7-10-11-17-39-22-24(4)23-40-31-20-26(6)32(37-34(31)39)33(35)36-27-13-14-30(25(5)19-27)41-29-15-18-38(16-9-3)28(21-29)12-8-2;1-2-3-4-5;1-3-4(2)5/h9,12-16,18-21,24H,7-8,10-11,17,22-23H2,1-6H3,(H2,35,36);2-5H2,1H3;3H,1H2,2H3/b16-9-,28-12+;;. The molecular formula is C42H62N6O3. The maximum atomic E-state index is 9.69. The van der Waals surface area contributed by atoms with Gasteiger partial charge in [-0.3, -0.25) is 4.79 Å². The zero-order valence-corrected chi connectivity index (χ0v) is 32.4. The molecule has 1 unspecified atom stereocenters. The molecule has 278 valence electrons. The molecule has 4 rings (SSSR count). The number of hydrogen-bond acceptors (Lipinski definition) is 8. The third-order valence-electron chi connectivity index (χ3n) is 7.98. The highest BCUT2D eigenvalue weighted by Crippen LogP contribution is 2.33. The number of fused-ring (bicyclic) bond motifs is 1. The van der Waals surface area contributed by atoms with Crippen molar-refractivity contribution in [3.05, 3.63) is 102 Å². The Balaban J connectivity index is 0.000000793. The summed E-state index contributed by atoms with van der Waals surface area (Å²) in [5.74, 6) is 4.09. The second-order valence-corrected chi connectivity index (χ2v) is 12.8. The highest BCUT2D eigenvalue weighted by molar-refractivity contribution is 5.99. The number of carbonyl (C=O) groups is 1. The summed E-state index contributed by atoms with van der Waals surface area (Å²) in [6, 6.07) is 7.92. The minimum Gasteiger partial charge on any atom is -0.489 e. The molecule has 51 heavy (non-hydrogen) atoms. The predicted molar refractivity (Wildman–Crippen MR) is 215 cm³/mol. The van der Waals surface area contributed by atoms with Gasteiger partial charge in [0.1, 0.15) is 23.0 Å². The van der Waals surface area contributed by atoms with Crippen LogP contribution in [0.5, 0.6) is 11.5 Å². The Morgan fingerprint density at radius 3 is 2.45 bits per heavy atom. The van der Waals surface area contributed by atoms with Crippen molar-refractivity contribution in [1.82, 2.24) is 9.88 Å². The van der Waals surface area contributed by atoms with Gasteiger partial charge in [0.2, 0.25) is 0 Å². The number of amidine groups is 1. The number of aromatic nitrogens is 1. The second-order valence-electron chi connectivity index (χ2n) is 12.8. The van der Waals surface area contributed by atoms with Crippen molar-refractivity contribution in [2.75, 3.05) is 31.1 Å². The summed E-state index contributed by atoms with van der Waals surface area (Å²) < 4.78 is 12.4. The number of ether oxygens (including phenoxy) is 2. The minimum absolute atomic E-state index is 0.0185. The van der Waals surface area contributed by atoms with Crippen LogP contribution < -0.4 is 25.8 Å². The Labute approximate surface area is 307 Å². The summed E-state index contributed by atoms with van der Waals surface area (Å²) in [6.07, 6.45) is 20.4. The fourth-order valence-corrected chi connectivity index (χ4v) is 5.25. The van der Waals surface area contributed by atoms with Gasteiger partial charge in [-0.15, -0.1) is 0 Å². The molecule has 1 aromatic heterocycles. The average molecular weight is 699 g/mol. The number of allylic oxidation sites excluding steroid dienone is 5. The van der Waals surface area contributed by atoms with Gasteiger partial charge in [-0.2, -0.15) is 0 Å². The van der Waals surface area contributed by atoms with Crippen molar-refractivity contribution in [3.8, 4) is 11.5 Å². The molecule has 0 saturated carbocycles. The van der Waals surface area contributed by atoms with Crippen LogP contribution >= 0.6 is 0 Å². The van der Waals surface area contributed by atoms with Crippen LogP contribution in [-0.2, 0) is 4.79 Å². The largest absolute Gasteiger partial charge is 0.489 e. The third-order valence-corrected chi connectivity index (χ3v) is 7.98. The lowest BCUT2D eigenvalue weighted by molar-refractivity contribution is -0.112. The van der Waals surface area contributed by atoms with Crippen LogP contribution in [0.15, 0.2) is 90.1 Å². The number of hydrogen-bond donors (Lipinski definition) is 2. The molecule has 2 aliphatic heterocycles. The first kappa shape index (κ1) is 42.5. The molecule has 4 N–H and O–H groups in total. The summed E-state index contributed by atoms with van der Waals surface area (Å²) in [5, 5.41) is 0. The maximum Gasteiger partial charge on any atom is 0.172 e.